The van der Waals surface area contributed by atoms with Gasteiger partial charge in [0.2, 0.25) is 0 Å². The number of carbonyl (C=O) groups is 1. The number of amides is 1. The summed E-state index contributed by atoms with van der Waals surface area (Å²) in [7, 11) is 1.56. The molecule has 5 nitrogen and oxygen atoms in total. The number of nitrogens with zero attached hydrogens (tertiary/aromatic N) is 1. The Kier molecular flexibility index (Phi) is 4.78. The van der Waals surface area contributed by atoms with E-state index in [-0.39, 0.29) is 12.5 Å². The van der Waals surface area contributed by atoms with Crippen LogP contribution in [0.1, 0.15) is 5.56 Å². The van der Waals surface area contributed by atoms with E-state index >= 15 is 0 Å². The number of carbonyl (C=O) groups excluding carboxylic acids is 1. The van der Waals surface area contributed by atoms with Crippen molar-refractivity contribution in [2.45, 2.75) is 0 Å². The Morgan fingerprint density at radius 3 is 2.71 bits per heavy atom. The van der Waals surface area contributed by atoms with E-state index in [1.807, 2.05) is 6.07 Å². The van der Waals surface area contributed by atoms with E-state index in [4.69, 9.17) is 14.7 Å². The van der Waals surface area contributed by atoms with Crippen molar-refractivity contribution in [2.75, 3.05) is 19.0 Å². The highest BCUT2D eigenvalue weighted by molar-refractivity contribution is 5.93. The summed E-state index contributed by atoms with van der Waals surface area (Å²) in [6, 6.07) is 15.8. The fourth-order valence-electron chi connectivity index (χ4n) is 1.72. The van der Waals surface area contributed by atoms with E-state index in [1.165, 1.54) is 0 Å². The molecule has 0 saturated heterocycles. The number of ether oxygens (including phenoxy) is 2. The molecule has 1 amide bonds. The Hall–Kier alpha value is -3.00. The fraction of sp³-hybridized carbons (Fsp3) is 0.125. The third-order valence-electron chi connectivity index (χ3n) is 2.73. The number of anilines is 1. The maximum atomic E-state index is 11.8. The van der Waals surface area contributed by atoms with E-state index in [1.54, 1.807) is 55.6 Å². The van der Waals surface area contributed by atoms with Crippen LogP contribution in [-0.2, 0) is 4.79 Å². The summed E-state index contributed by atoms with van der Waals surface area (Å²) >= 11 is 0. The molecule has 106 valence electrons. The summed E-state index contributed by atoms with van der Waals surface area (Å²) in [5.74, 6) is 0.862. The highest BCUT2D eigenvalue weighted by Crippen LogP contribution is 2.19. The van der Waals surface area contributed by atoms with Crippen LogP contribution in [0.3, 0.4) is 0 Å². The third kappa shape index (κ3) is 3.98. The zero-order chi connectivity index (χ0) is 15.1. The van der Waals surface area contributed by atoms with Crippen LogP contribution < -0.4 is 14.8 Å². The standard InChI is InChI=1S/C16H14N2O3/c1-20-13-6-4-7-14(9-13)21-11-16(19)18-15-8-3-2-5-12(15)10-17/h2-9H,11H2,1H3,(H,18,19). The van der Waals surface area contributed by atoms with Gasteiger partial charge in [0.05, 0.1) is 18.4 Å². The highest BCUT2D eigenvalue weighted by atomic mass is 16.5. The summed E-state index contributed by atoms with van der Waals surface area (Å²) in [5, 5.41) is 11.6. The van der Waals surface area contributed by atoms with Gasteiger partial charge in [-0.2, -0.15) is 5.26 Å². The molecule has 0 unspecified atom stereocenters. The van der Waals surface area contributed by atoms with Crippen LogP contribution >= 0.6 is 0 Å². The van der Waals surface area contributed by atoms with Crippen molar-refractivity contribution in [1.29, 1.82) is 5.26 Å². The second-order valence-corrected chi connectivity index (χ2v) is 4.17. The molecule has 0 atom stereocenters. The van der Waals surface area contributed by atoms with Gasteiger partial charge in [-0.15, -0.1) is 0 Å². The lowest BCUT2D eigenvalue weighted by molar-refractivity contribution is -0.118. The Morgan fingerprint density at radius 2 is 1.95 bits per heavy atom. The van der Waals surface area contributed by atoms with Gasteiger partial charge in [-0.3, -0.25) is 4.79 Å². The summed E-state index contributed by atoms with van der Waals surface area (Å²) < 4.78 is 10.5. The molecule has 0 radical (unpaired) electrons. The molecule has 1 N–H and O–H groups in total. The first-order valence-electron chi connectivity index (χ1n) is 6.29. The van der Waals surface area contributed by atoms with Gasteiger partial charge < -0.3 is 14.8 Å². The molecule has 0 spiro atoms. The first-order chi connectivity index (χ1) is 10.2. The molecule has 0 fully saturated rings. The van der Waals surface area contributed by atoms with E-state index in [0.29, 0.717) is 22.7 Å². The third-order valence-corrected chi connectivity index (χ3v) is 2.73. The molecule has 2 aromatic carbocycles. The molecular weight excluding hydrogens is 268 g/mol. The first-order valence-corrected chi connectivity index (χ1v) is 6.29. The number of benzene rings is 2. The second-order valence-electron chi connectivity index (χ2n) is 4.17. The second kappa shape index (κ2) is 6.96. The predicted octanol–water partition coefficient (Wildman–Crippen LogP) is 2.58. The largest absolute Gasteiger partial charge is 0.497 e. The molecule has 2 aromatic rings. The van der Waals surface area contributed by atoms with Crippen LogP contribution in [0.2, 0.25) is 0 Å². The fourth-order valence-corrected chi connectivity index (χ4v) is 1.72. The van der Waals surface area contributed by atoms with E-state index in [9.17, 15) is 4.79 Å². The minimum atomic E-state index is -0.333. The van der Waals surface area contributed by atoms with Crippen molar-refractivity contribution < 1.29 is 14.3 Å². The summed E-state index contributed by atoms with van der Waals surface area (Å²) in [5.41, 5.74) is 0.881. The van der Waals surface area contributed by atoms with Crippen molar-refractivity contribution in [3.05, 3.63) is 54.1 Å². The molecular formula is C16H14N2O3. The van der Waals surface area contributed by atoms with Gasteiger partial charge in [0.1, 0.15) is 17.6 Å². The number of nitrogens with one attached hydrogen (secondary N) is 1. The Bertz CT molecular complexity index is 677. The molecule has 0 aliphatic heterocycles. The van der Waals surface area contributed by atoms with Crippen LogP contribution in [0.4, 0.5) is 5.69 Å². The highest BCUT2D eigenvalue weighted by Gasteiger charge is 2.07. The topological polar surface area (TPSA) is 71.3 Å². The van der Waals surface area contributed by atoms with Crippen LogP contribution in [0.5, 0.6) is 11.5 Å². The van der Waals surface area contributed by atoms with Crippen molar-refractivity contribution in [3.8, 4) is 17.6 Å². The average Bonchev–Trinajstić information content (AvgIpc) is 2.53. The van der Waals surface area contributed by atoms with Gasteiger partial charge in [-0.25, -0.2) is 0 Å². The normalized spacial score (nSPS) is 9.52. The molecule has 0 saturated carbocycles. The van der Waals surface area contributed by atoms with Gasteiger partial charge in [-0.1, -0.05) is 18.2 Å². The van der Waals surface area contributed by atoms with Crippen molar-refractivity contribution in [1.82, 2.24) is 0 Å². The van der Waals surface area contributed by atoms with Gasteiger partial charge in [0.15, 0.2) is 6.61 Å². The number of para-hydroxylation sites is 1. The smallest absolute Gasteiger partial charge is 0.262 e. The van der Waals surface area contributed by atoms with Crippen molar-refractivity contribution >= 4 is 11.6 Å². The number of nitriles is 1. The molecule has 21 heavy (non-hydrogen) atoms. The maximum Gasteiger partial charge on any atom is 0.262 e. The Labute approximate surface area is 122 Å². The quantitative estimate of drug-likeness (QED) is 0.915. The molecule has 2 rings (SSSR count). The van der Waals surface area contributed by atoms with Gasteiger partial charge in [0.25, 0.3) is 5.91 Å². The monoisotopic (exact) mass is 282 g/mol. The van der Waals surface area contributed by atoms with Gasteiger partial charge in [-0.05, 0) is 24.3 Å². The number of methoxy groups -OCH3 is 1. The van der Waals surface area contributed by atoms with E-state index in [2.05, 4.69) is 5.32 Å². The molecule has 0 heterocycles. The molecule has 0 bridgehead atoms. The predicted molar refractivity (Wildman–Crippen MR) is 78.3 cm³/mol. The lowest BCUT2D eigenvalue weighted by Crippen LogP contribution is -2.20. The molecule has 5 heteroatoms. The number of hydrogen-bond donors (Lipinski definition) is 1. The lowest BCUT2D eigenvalue weighted by Gasteiger charge is -2.09. The van der Waals surface area contributed by atoms with Crippen LogP contribution in [0, 0.1) is 11.3 Å². The molecule has 0 aliphatic rings. The van der Waals surface area contributed by atoms with Crippen molar-refractivity contribution in [3.63, 3.8) is 0 Å². The summed E-state index contributed by atoms with van der Waals surface area (Å²) in [4.78, 5) is 11.8. The summed E-state index contributed by atoms with van der Waals surface area (Å²) in [6.07, 6.45) is 0. The Morgan fingerprint density at radius 1 is 1.19 bits per heavy atom. The minimum absolute atomic E-state index is 0.146. The van der Waals surface area contributed by atoms with Crippen molar-refractivity contribution in [2.24, 2.45) is 0 Å². The molecule has 0 aliphatic carbocycles. The zero-order valence-electron chi connectivity index (χ0n) is 11.5. The first kappa shape index (κ1) is 14.4. The number of rotatable bonds is 5. The summed E-state index contributed by atoms with van der Waals surface area (Å²) in [6.45, 7) is -0.146. The van der Waals surface area contributed by atoms with E-state index < -0.39 is 0 Å². The lowest BCUT2D eigenvalue weighted by atomic mass is 10.2. The SMILES string of the molecule is COc1cccc(OCC(=O)Nc2ccccc2C#N)c1. The maximum absolute atomic E-state index is 11.8. The van der Waals surface area contributed by atoms with Gasteiger partial charge >= 0.3 is 0 Å². The molecule has 0 aromatic heterocycles. The van der Waals surface area contributed by atoms with Gasteiger partial charge in [0, 0.05) is 6.07 Å². The average molecular weight is 282 g/mol. The zero-order valence-corrected chi connectivity index (χ0v) is 11.5. The van der Waals surface area contributed by atoms with Crippen LogP contribution in [-0.4, -0.2) is 19.6 Å². The minimum Gasteiger partial charge on any atom is -0.497 e. The Balaban J connectivity index is 1.94. The number of hydrogen-bond acceptors (Lipinski definition) is 4. The van der Waals surface area contributed by atoms with E-state index in [0.717, 1.165) is 0 Å². The van der Waals surface area contributed by atoms with Crippen LogP contribution in [0.25, 0.3) is 0 Å². The van der Waals surface area contributed by atoms with Crippen LogP contribution in [0.15, 0.2) is 48.5 Å².